The fourth-order valence-electron chi connectivity index (χ4n) is 7.22. The first-order valence-electron chi connectivity index (χ1n) is 15.1. The Balaban J connectivity index is 1.36. The molecule has 1 heterocycles. The third kappa shape index (κ3) is 3.79. The van der Waals surface area contributed by atoms with Crippen molar-refractivity contribution in [2.75, 3.05) is 4.90 Å². The number of fused-ring (bicyclic) bond motifs is 6. The number of rotatable bonds is 4. The lowest BCUT2D eigenvalue weighted by Gasteiger charge is -2.30. The van der Waals surface area contributed by atoms with Crippen molar-refractivity contribution >= 4 is 38.9 Å². The number of hydrogen-bond acceptors (Lipinski definition) is 1. The van der Waals surface area contributed by atoms with E-state index in [1.807, 2.05) is 0 Å². The van der Waals surface area contributed by atoms with Crippen molar-refractivity contribution in [1.82, 2.24) is 4.57 Å². The van der Waals surface area contributed by atoms with Crippen molar-refractivity contribution in [3.63, 3.8) is 0 Å². The molecule has 1 aliphatic rings. The number of hydrogen-bond donors (Lipinski definition) is 0. The van der Waals surface area contributed by atoms with Gasteiger partial charge in [0.2, 0.25) is 0 Å². The van der Waals surface area contributed by atoms with Gasteiger partial charge < -0.3 is 9.47 Å². The molecule has 8 rings (SSSR count). The summed E-state index contributed by atoms with van der Waals surface area (Å²) < 4.78 is 2.42. The summed E-state index contributed by atoms with van der Waals surface area (Å²) >= 11 is 0. The maximum Gasteiger partial charge on any atom is 0.0544 e. The number of anilines is 3. The minimum absolute atomic E-state index is 0.157. The fourth-order valence-corrected chi connectivity index (χ4v) is 7.22. The number of benzene rings is 6. The molecule has 0 N–H and O–H groups in total. The van der Waals surface area contributed by atoms with Crippen LogP contribution in [0.1, 0.15) is 36.1 Å². The molecule has 208 valence electrons. The topological polar surface area (TPSA) is 8.17 Å². The molecule has 1 aromatic heterocycles. The molecule has 2 nitrogen and oxygen atoms in total. The highest BCUT2D eigenvalue weighted by atomic mass is 15.1. The Hall–Kier alpha value is -5.08. The summed E-state index contributed by atoms with van der Waals surface area (Å²) in [5.41, 5.74) is 15.1. The van der Waals surface area contributed by atoms with Gasteiger partial charge in [-0.1, -0.05) is 92.7 Å². The zero-order valence-electron chi connectivity index (χ0n) is 25.1. The highest BCUT2D eigenvalue weighted by Gasteiger charge is 2.37. The predicted molar refractivity (Wildman–Crippen MR) is 183 cm³/mol. The second-order valence-electron chi connectivity index (χ2n) is 12.4. The predicted octanol–water partition coefficient (Wildman–Crippen LogP) is 11.2. The Morgan fingerprint density at radius 3 is 1.81 bits per heavy atom. The minimum atomic E-state index is -0.157. The first-order valence-corrected chi connectivity index (χ1v) is 15.1. The van der Waals surface area contributed by atoms with Gasteiger partial charge in [0.15, 0.2) is 0 Å². The number of aryl methyl sites for hydroxylation is 2. The minimum Gasteiger partial charge on any atom is -0.310 e. The van der Waals surface area contributed by atoms with Gasteiger partial charge in [0.25, 0.3) is 0 Å². The molecule has 1 aliphatic carbocycles. The number of aromatic nitrogens is 1. The van der Waals surface area contributed by atoms with Gasteiger partial charge in [-0.3, -0.25) is 0 Å². The number of para-hydroxylation sites is 4. The first-order chi connectivity index (χ1) is 20.9. The zero-order valence-corrected chi connectivity index (χ0v) is 25.1. The molecule has 6 aromatic carbocycles. The van der Waals surface area contributed by atoms with E-state index in [0.717, 1.165) is 0 Å². The van der Waals surface area contributed by atoms with E-state index < -0.39 is 0 Å². The first kappa shape index (κ1) is 25.6. The second kappa shape index (κ2) is 9.47. The van der Waals surface area contributed by atoms with Crippen LogP contribution in [0.5, 0.6) is 0 Å². The van der Waals surface area contributed by atoms with Crippen LogP contribution < -0.4 is 4.90 Å². The maximum absolute atomic E-state index is 2.46. The number of nitrogens with zero attached hydrogens (tertiary/aromatic N) is 2. The van der Waals surface area contributed by atoms with Crippen LogP contribution in [0.25, 0.3) is 38.6 Å². The van der Waals surface area contributed by atoms with E-state index in [-0.39, 0.29) is 5.41 Å². The van der Waals surface area contributed by atoms with Crippen LogP contribution in [-0.4, -0.2) is 4.57 Å². The molecule has 7 aromatic rings. The Morgan fingerprint density at radius 2 is 1.12 bits per heavy atom. The average Bonchev–Trinajstić information content (AvgIpc) is 3.47. The van der Waals surface area contributed by atoms with Gasteiger partial charge in [0.1, 0.15) is 0 Å². The van der Waals surface area contributed by atoms with Crippen LogP contribution in [0.3, 0.4) is 0 Å². The molecule has 0 radical (unpaired) electrons. The smallest absolute Gasteiger partial charge is 0.0544 e. The van der Waals surface area contributed by atoms with E-state index in [9.17, 15) is 0 Å². The van der Waals surface area contributed by atoms with E-state index in [1.165, 1.54) is 77.9 Å². The van der Waals surface area contributed by atoms with Gasteiger partial charge in [-0.05, 0) is 102 Å². The van der Waals surface area contributed by atoms with Crippen molar-refractivity contribution in [2.24, 2.45) is 0 Å². The molecule has 0 atom stereocenters. The maximum atomic E-state index is 2.46. The summed E-state index contributed by atoms with van der Waals surface area (Å²) in [5.74, 6) is 0. The normalized spacial score (nSPS) is 13.3. The van der Waals surface area contributed by atoms with Crippen LogP contribution in [0, 0.1) is 13.8 Å². The summed E-state index contributed by atoms with van der Waals surface area (Å²) in [6.07, 6.45) is 0. The SMILES string of the molecule is Cc1ccccc1N(c1ccc2c(c1)C(C)(C)c1cc3c(cc1-2)c1ccccc1n3-c1ccccc1)c1ccccc1C. The van der Waals surface area contributed by atoms with Gasteiger partial charge in [0, 0.05) is 38.9 Å². The van der Waals surface area contributed by atoms with Gasteiger partial charge in [0.05, 0.1) is 11.0 Å². The third-order valence-electron chi connectivity index (χ3n) is 9.44. The Labute approximate surface area is 253 Å². The largest absolute Gasteiger partial charge is 0.310 e. The van der Waals surface area contributed by atoms with Crippen LogP contribution in [-0.2, 0) is 5.41 Å². The lowest BCUT2D eigenvalue weighted by molar-refractivity contribution is 0.661. The Bertz CT molecular complexity index is 2140. The van der Waals surface area contributed by atoms with Gasteiger partial charge in [-0.25, -0.2) is 0 Å². The van der Waals surface area contributed by atoms with Crippen LogP contribution in [0.4, 0.5) is 17.1 Å². The van der Waals surface area contributed by atoms with E-state index in [0.29, 0.717) is 0 Å². The zero-order chi connectivity index (χ0) is 29.3. The highest BCUT2D eigenvalue weighted by molar-refractivity contribution is 6.11. The lowest BCUT2D eigenvalue weighted by atomic mass is 9.82. The van der Waals surface area contributed by atoms with Crippen LogP contribution in [0.2, 0.25) is 0 Å². The molecule has 0 bridgehead atoms. The van der Waals surface area contributed by atoms with E-state index in [1.54, 1.807) is 0 Å². The monoisotopic (exact) mass is 554 g/mol. The van der Waals surface area contributed by atoms with Crippen molar-refractivity contribution in [2.45, 2.75) is 33.1 Å². The third-order valence-corrected chi connectivity index (χ3v) is 9.44. The molecule has 0 fully saturated rings. The van der Waals surface area contributed by atoms with E-state index >= 15 is 0 Å². The fraction of sp³-hybridized carbons (Fsp3) is 0.122. The summed E-state index contributed by atoms with van der Waals surface area (Å²) in [6, 6.07) is 48.9. The van der Waals surface area contributed by atoms with Crippen LogP contribution >= 0.6 is 0 Å². The molecule has 0 amide bonds. The molecule has 2 heteroatoms. The van der Waals surface area contributed by atoms with Crippen molar-refractivity contribution in [1.29, 1.82) is 0 Å². The van der Waals surface area contributed by atoms with Gasteiger partial charge >= 0.3 is 0 Å². The average molecular weight is 555 g/mol. The molecular formula is C41H34N2. The summed E-state index contributed by atoms with van der Waals surface area (Å²) in [5, 5.41) is 2.59. The molecule has 0 aliphatic heterocycles. The second-order valence-corrected chi connectivity index (χ2v) is 12.4. The van der Waals surface area contributed by atoms with Gasteiger partial charge in [-0.2, -0.15) is 0 Å². The quantitative estimate of drug-likeness (QED) is 0.210. The summed E-state index contributed by atoms with van der Waals surface area (Å²) in [7, 11) is 0. The molecule has 0 unspecified atom stereocenters. The molecule has 0 spiro atoms. The molecule has 43 heavy (non-hydrogen) atoms. The van der Waals surface area contributed by atoms with E-state index in [2.05, 4.69) is 171 Å². The molecule has 0 saturated heterocycles. The molecule has 0 saturated carbocycles. The van der Waals surface area contributed by atoms with Gasteiger partial charge in [-0.15, -0.1) is 0 Å². The van der Waals surface area contributed by atoms with Crippen molar-refractivity contribution in [3.05, 3.63) is 156 Å². The Morgan fingerprint density at radius 1 is 0.512 bits per heavy atom. The highest BCUT2D eigenvalue weighted by Crippen LogP contribution is 2.53. The lowest BCUT2D eigenvalue weighted by Crippen LogP contribution is -2.17. The van der Waals surface area contributed by atoms with Crippen LogP contribution in [0.15, 0.2) is 133 Å². The summed E-state index contributed by atoms with van der Waals surface area (Å²) in [6.45, 7) is 9.17. The van der Waals surface area contributed by atoms with Crippen molar-refractivity contribution < 1.29 is 0 Å². The van der Waals surface area contributed by atoms with E-state index in [4.69, 9.17) is 0 Å². The van der Waals surface area contributed by atoms with Crippen molar-refractivity contribution in [3.8, 4) is 16.8 Å². The molecular weight excluding hydrogens is 520 g/mol. The Kier molecular flexibility index (Phi) is 5.64. The summed E-state index contributed by atoms with van der Waals surface area (Å²) in [4.78, 5) is 2.43. The standard InChI is InChI=1S/C41H34N2/c1-27-14-8-11-19-37(27)43(38-20-12-9-15-28(38)2)30-22-23-31-33-25-34-32-18-10-13-21-39(32)42(29-16-6-5-7-17-29)40(34)26-36(33)41(3,4)35(31)24-30/h5-26H,1-4H3.